The molecule has 32 heavy (non-hydrogen) atoms. The van der Waals surface area contributed by atoms with Gasteiger partial charge in [0.2, 0.25) is 0 Å². The lowest BCUT2D eigenvalue weighted by molar-refractivity contribution is -0.116. The molecular formula is C25H23BrN4O2. The quantitative estimate of drug-likeness (QED) is 0.505. The molecule has 6 nitrogen and oxygen atoms in total. The highest BCUT2D eigenvalue weighted by molar-refractivity contribution is 9.10. The molecule has 1 atom stereocenters. The van der Waals surface area contributed by atoms with Crippen LogP contribution in [0, 0.1) is 13.8 Å². The van der Waals surface area contributed by atoms with Crippen molar-refractivity contribution in [1.82, 2.24) is 9.78 Å². The van der Waals surface area contributed by atoms with Crippen molar-refractivity contribution >= 4 is 39.1 Å². The first-order valence-electron chi connectivity index (χ1n) is 10.7. The lowest BCUT2D eigenvalue weighted by atomic mass is 9.85. The number of allylic oxidation sites excluding steroid dienone is 2. The number of nitrogens with zero attached hydrogens (tertiary/aromatic N) is 2. The van der Waals surface area contributed by atoms with Gasteiger partial charge in [-0.25, -0.2) is 4.68 Å². The van der Waals surface area contributed by atoms with Gasteiger partial charge in [-0.2, -0.15) is 5.10 Å². The largest absolute Gasteiger partial charge is 0.343 e. The monoisotopic (exact) mass is 490 g/mol. The van der Waals surface area contributed by atoms with E-state index in [0.717, 1.165) is 45.4 Å². The molecule has 0 spiro atoms. The molecule has 1 amide bonds. The van der Waals surface area contributed by atoms with Crippen LogP contribution in [0.5, 0.6) is 0 Å². The fraction of sp³-hybridized carbons (Fsp3) is 0.240. The zero-order valence-corrected chi connectivity index (χ0v) is 19.5. The maximum atomic E-state index is 13.2. The van der Waals surface area contributed by atoms with E-state index < -0.39 is 0 Å². The van der Waals surface area contributed by atoms with Crippen LogP contribution < -0.4 is 10.6 Å². The number of amides is 1. The Labute approximate surface area is 194 Å². The molecular weight excluding hydrogens is 468 g/mol. The van der Waals surface area contributed by atoms with Crippen LogP contribution in [0.2, 0.25) is 0 Å². The molecule has 1 aromatic heterocycles. The van der Waals surface area contributed by atoms with Crippen molar-refractivity contribution in [2.45, 2.75) is 39.2 Å². The summed E-state index contributed by atoms with van der Waals surface area (Å²) < 4.78 is 2.73. The third-order valence-corrected chi connectivity index (χ3v) is 6.76. The van der Waals surface area contributed by atoms with Crippen LogP contribution in [-0.4, -0.2) is 21.5 Å². The van der Waals surface area contributed by atoms with Crippen molar-refractivity contribution in [3.8, 4) is 0 Å². The highest BCUT2D eigenvalue weighted by Crippen LogP contribution is 2.41. The van der Waals surface area contributed by atoms with E-state index in [2.05, 4.69) is 31.7 Å². The summed E-state index contributed by atoms with van der Waals surface area (Å²) in [5, 5.41) is 10.9. The highest BCUT2D eigenvalue weighted by Gasteiger charge is 2.37. The lowest BCUT2D eigenvalue weighted by Crippen LogP contribution is -2.32. The number of anilines is 2. The summed E-state index contributed by atoms with van der Waals surface area (Å²) in [6.07, 6.45) is 3.69. The summed E-state index contributed by atoms with van der Waals surface area (Å²) in [4.78, 5) is 26.1. The van der Waals surface area contributed by atoms with E-state index in [-0.39, 0.29) is 17.7 Å². The molecule has 0 bridgehead atoms. The molecule has 1 aliphatic heterocycles. The molecule has 0 saturated carbocycles. The van der Waals surface area contributed by atoms with Gasteiger partial charge in [0, 0.05) is 27.9 Å². The molecule has 2 heterocycles. The van der Waals surface area contributed by atoms with Crippen molar-refractivity contribution in [1.29, 1.82) is 0 Å². The van der Waals surface area contributed by atoms with Gasteiger partial charge in [-0.15, -0.1) is 0 Å². The Morgan fingerprint density at radius 3 is 2.66 bits per heavy atom. The van der Waals surface area contributed by atoms with Gasteiger partial charge in [-0.3, -0.25) is 9.59 Å². The molecule has 162 valence electrons. The van der Waals surface area contributed by atoms with Crippen molar-refractivity contribution < 1.29 is 9.59 Å². The maximum Gasteiger partial charge on any atom is 0.261 e. The number of halogens is 1. The van der Waals surface area contributed by atoms with Gasteiger partial charge in [-0.05, 0) is 67.6 Å². The zero-order valence-electron chi connectivity index (χ0n) is 17.9. The number of aromatic nitrogens is 2. The van der Waals surface area contributed by atoms with Gasteiger partial charge >= 0.3 is 0 Å². The number of fused-ring (bicyclic) bond motifs is 1. The summed E-state index contributed by atoms with van der Waals surface area (Å²) in [6, 6.07) is 13.4. The van der Waals surface area contributed by atoms with Gasteiger partial charge < -0.3 is 10.6 Å². The fourth-order valence-corrected chi connectivity index (χ4v) is 4.66. The first-order valence-corrected chi connectivity index (χ1v) is 11.5. The average Bonchev–Trinajstić information content (AvgIpc) is 3.19. The maximum absolute atomic E-state index is 13.2. The first-order chi connectivity index (χ1) is 15.4. The Balaban J connectivity index is 1.55. The Morgan fingerprint density at radius 2 is 1.91 bits per heavy atom. The number of rotatable bonds is 3. The van der Waals surface area contributed by atoms with E-state index >= 15 is 0 Å². The molecule has 2 aliphatic rings. The smallest absolute Gasteiger partial charge is 0.261 e. The zero-order chi connectivity index (χ0) is 22.4. The minimum Gasteiger partial charge on any atom is -0.343 e. The van der Waals surface area contributed by atoms with Crippen LogP contribution >= 0.6 is 15.9 Å². The number of aryl methyl sites for hydroxylation is 2. The van der Waals surface area contributed by atoms with Gasteiger partial charge in [-0.1, -0.05) is 34.1 Å². The number of ketones is 1. The number of hydrogen-bond donors (Lipinski definition) is 2. The van der Waals surface area contributed by atoms with E-state index in [1.165, 1.54) is 5.56 Å². The summed E-state index contributed by atoms with van der Waals surface area (Å²) in [6.45, 7) is 4.06. The van der Waals surface area contributed by atoms with Crippen LogP contribution in [0.15, 0.2) is 64.4 Å². The second kappa shape index (κ2) is 8.06. The normalized spacial score (nSPS) is 17.5. The molecule has 3 aromatic rings. The second-order valence-corrected chi connectivity index (χ2v) is 9.27. The molecule has 2 aromatic carbocycles. The summed E-state index contributed by atoms with van der Waals surface area (Å²) in [5.74, 6) is 0.518. The summed E-state index contributed by atoms with van der Waals surface area (Å²) >= 11 is 3.48. The number of carbonyl (C=O) groups excluding carboxylic acids is 2. The van der Waals surface area contributed by atoms with Crippen LogP contribution in [0.3, 0.4) is 0 Å². The third kappa shape index (κ3) is 3.56. The molecule has 1 unspecified atom stereocenters. The molecule has 0 fully saturated rings. The van der Waals surface area contributed by atoms with Crippen molar-refractivity contribution in [2.75, 3.05) is 10.6 Å². The Morgan fingerprint density at radius 1 is 1.12 bits per heavy atom. The number of Topliss-reactive ketones (excluding diaryl/α,β-unsaturated/α-hetero) is 1. The molecule has 1 aliphatic carbocycles. The van der Waals surface area contributed by atoms with E-state index in [1.54, 1.807) is 10.9 Å². The van der Waals surface area contributed by atoms with Gasteiger partial charge in [0.05, 0.1) is 6.20 Å². The van der Waals surface area contributed by atoms with Gasteiger partial charge in [0.15, 0.2) is 5.78 Å². The molecule has 5 rings (SSSR count). The fourth-order valence-electron chi connectivity index (χ4n) is 4.40. The molecule has 0 radical (unpaired) electrons. The number of benzene rings is 2. The SMILES string of the molecule is Cc1ccc(NC(=O)c2cnn3c2NC2=C(C(=O)CCC2)C3c2ccc(Br)cc2)cc1C. The lowest BCUT2D eigenvalue weighted by Gasteiger charge is -2.33. The first kappa shape index (κ1) is 20.7. The van der Waals surface area contributed by atoms with E-state index in [1.807, 2.05) is 56.3 Å². The van der Waals surface area contributed by atoms with Crippen LogP contribution in [0.1, 0.15) is 52.4 Å². The van der Waals surface area contributed by atoms with Crippen molar-refractivity contribution in [3.63, 3.8) is 0 Å². The minimum atomic E-state index is -0.356. The van der Waals surface area contributed by atoms with Gasteiger partial charge in [0.1, 0.15) is 17.4 Å². The minimum absolute atomic E-state index is 0.133. The number of nitrogens with one attached hydrogen (secondary N) is 2. The molecule has 2 N–H and O–H groups in total. The number of hydrogen-bond acceptors (Lipinski definition) is 4. The Hall–Kier alpha value is -3.19. The van der Waals surface area contributed by atoms with Crippen molar-refractivity contribution in [2.24, 2.45) is 0 Å². The molecule has 0 saturated heterocycles. The predicted octanol–water partition coefficient (Wildman–Crippen LogP) is 5.54. The Kier molecular flexibility index (Phi) is 5.21. The summed E-state index contributed by atoms with van der Waals surface area (Å²) in [7, 11) is 0. The summed E-state index contributed by atoms with van der Waals surface area (Å²) in [5.41, 5.74) is 6.08. The van der Waals surface area contributed by atoms with Crippen LogP contribution in [0.25, 0.3) is 0 Å². The predicted molar refractivity (Wildman–Crippen MR) is 128 cm³/mol. The van der Waals surface area contributed by atoms with E-state index in [0.29, 0.717) is 17.8 Å². The topological polar surface area (TPSA) is 76.0 Å². The van der Waals surface area contributed by atoms with E-state index in [9.17, 15) is 9.59 Å². The number of carbonyl (C=O) groups is 2. The average molecular weight is 491 g/mol. The third-order valence-electron chi connectivity index (χ3n) is 6.23. The van der Waals surface area contributed by atoms with Crippen LogP contribution in [0.4, 0.5) is 11.5 Å². The van der Waals surface area contributed by atoms with Crippen LogP contribution in [-0.2, 0) is 4.79 Å². The Bertz CT molecular complexity index is 1270. The van der Waals surface area contributed by atoms with Crippen molar-refractivity contribution in [3.05, 3.63) is 86.7 Å². The highest BCUT2D eigenvalue weighted by atomic mass is 79.9. The van der Waals surface area contributed by atoms with Gasteiger partial charge in [0.25, 0.3) is 5.91 Å². The van der Waals surface area contributed by atoms with E-state index in [4.69, 9.17) is 0 Å². The second-order valence-electron chi connectivity index (χ2n) is 8.35. The molecule has 7 heteroatoms. The standard InChI is InChI=1S/C25H23BrN4O2/c1-14-6-11-18(12-15(14)2)28-25(32)19-13-27-30-23(16-7-9-17(26)10-8-16)22-20(29-24(19)30)4-3-5-21(22)31/h6-13,23,29H,3-5H2,1-2H3,(H,28,32).